The number of carbonyl (C=O) groups is 1. The molecule has 2 aromatic rings. The molecule has 7 nitrogen and oxygen atoms in total. The van der Waals surface area contributed by atoms with Crippen LogP contribution in [0.25, 0.3) is 5.57 Å². The number of rotatable bonds is 6. The van der Waals surface area contributed by atoms with Gasteiger partial charge in [-0.05, 0) is 49.6 Å². The highest BCUT2D eigenvalue weighted by Crippen LogP contribution is 2.44. The molecule has 1 saturated carbocycles. The van der Waals surface area contributed by atoms with Crippen LogP contribution in [0.2, 0.25) is 0 Å². The Morgan fingerprint density at radius 3 is 2.65 bits per heavy atom. The van der Waals surface area contributed by atoms with E-state index in [2.05, 4.69) is 11.0 Å². The van der Waals surface area contributed by atoms with Crippen molar-refractivity contribution in [1.29, 1.82) is 0 Å². The predicted molar refractivity (Wildman–Crippen MR) is 128 cm³/mol. The molecule has 5 rings (SSSR count). The number of para-hydroxylation sites is 2. The predicted octanol–water partition coefficient (Wildman–Crippen LogP) is 4.30. The highest BCUT2D eigenvalue weighted by Gasteiger charge is 2.49. The van der Waals surface area contributed by atoms with Crippen molar-refractivity contribution in [2.45, 2.75) is 32.0 Å². The number of methoxy groups -OCH3 is 2. The number of allylic oxidation sites excluding steroid dienone is 1. The summed E-state index contributed by atoms with van der Waals surface area (Å²) in [6.07, 6.45) is 3.10. The Kier molecular flexibility index (Phi) is 6.37. The lowest BCUT2D eigenvalue weighted by Crippen LogP contribution is -2.56. The molecule has 2 aliphatic heterocycles. The van der Waals surface area contributed by atoms with Gasteiger partial charge in [0.1, 0.15) is 18.6 Å². The summed E-state index contributed by atoms with van der Waals surface area (Å²) >= 11 is 0. The third-order valence-electron chi connectivity index (χ3n) is 7.08. The number of hydrogen-bond donors (Lipinski definition) is 0. The van der Waals surface area contributed by atoms with Crippen LogP contribution in [0.15, 0.2) is 48.7 Å². The minimum atomic E-state index is -0.211. The monoisotopic (exact) mass is 465 g/mol. The van der Waals surface area contributed by atoms with Crippen LogP contribution >= 0.6 is 0 Å². The molecule has 2 heterocycles. The fourth-order valence-corrected chi connectivity index (χ4v) is 5.41. The van der Waals surface area contributed by atoms with Crippen LogP contribution in [-0.4, -0.2) is 52.1 Å². The van der Waals surface area contributed by atoms with Gasteiger partial charge in [-0.2, -0.15) is 0 Å². The van der Waals surface area contributed by atoms with Crippen molar-refractivity contribution in [1.82, 2.24) is 0 Å². The molecular formula is C27H31NO6. The molecule has 0 radical (unpaired) electrons. The number of anilines is 1. The maximum atomic E-state index is 13.6. The molecule has 1 saturated heterocycles. The van der Waals surface area contributed by atoms with E-state index in [1.165, 1.54) is 0 Å². The lowest BCUT2D eigenvalue weighted by Gasteiger charge is -2.48. The summed E-state index contributed by atoms with van der Waals surface area (Å²) in [7, 11) is 3.18. The number of nitrogens with zero attached hydrogens (tertiary/aromatic N) is 1. The summed E-state index contributed by atoms with van der Waals surface area (Å²) < 4.78 is 29.1. The van der Waals surface area contributed by atoms with E-state index in [4.69, 9.17) is 23.7 Å². The van der Waals surface area contributed by atoms with Gasteiger partial charge in [-0.15, -0.1) is 0 Å². The second kappa shape index (κ2) is 9.58. The molecule has 34 heavy (non-hydrogen) atoms. The van der Waals surface area contributed by atoms with Gasteiger partial charge in [0.2, 0.25) is 0 Å². The van der Waals surface area contributed by atoms with Crippen LogP contribution in [-0.2, 0) is 14.3 Å². The summed E-state index contributed by atoms with van der Waals surface area (Å²) in [5, 5.41) is 0. The Balaban J connectivity index is 1.39. The average molecular weight is 466 g/mol. The van der Waals surface area contributed by atoms with E-state index >= 15 is 0 Å². The average Bonchev–Trinajstić information content (AvgIpc) is 2.88. The van der Waals surface area contributed by atoms with Crippen LogP contribution in [0.1, 0.15) is 25.3 Å². The summed E-state index contributed by atoms with van der Waals surface area (Å²) in [6, 6.07) is 13.5. The van der Waals surface area contributed by atoms with E-state index in [-0.39, 0.29) is 29.8 Å². The zero-order valence-electron chi connectivity index (χ0n) is 19.9. The number of ketones is 1. The maximum absolute atomic E-state index is 13.6. The largest absolute Gasteiger partial charge is 0.496 e. The Morgan fingerprint density at radius 1 is 1.03 bits per heavy atom. The maximum Gasteiger partial charge on any atom is 0.173 e. The molecule has 0 amide bonds. The van der Waals surface area contributed by atoms with E-state index in [0.29, 0.717) is 30.4 Å². The second-order valence-electron chi connectivity index (χ2n) is 8.87. The van der Waals surface area contributed by atoms with Gasteiger partial charge in [-0.1, -0.05) is 18.2 Å². The fourth-order valence-electron chi connectivity index (χ4n) is 5.41. The first-order chi connectivity index (χ1) is 16.6. The summed E-state index contributed by atoms with van der Waals surface area (Å²) in [4.78, 5) is 15.8. The molecule has 180 valence electrons. The van der Waals surface area contributed by atoms with E-state index in [1.807, 2.05) is 43.3 Å². The zero-order valence-corrected chi connectivity index (χ0v) is 19.9. The highest BCUT2D eigenvalue weighted by molar-refractivity contribution is 6.22. The topological polar surface area (TPSA) is 66.5 Å². The number of benzene rings is 2. The van der Waals surface area contributed by atoms with Crippen molar-refractivity contribution in [3.8, 4) is 17.2 Å². The van der Waals surface area contributed by atoms with Gasteiger partial charge in [0.15, 0.2) is 17.3 Å². The quantitative estimate of drug-likeness (QED) is 0.630. The van der Waals surface area contributed by atoms with Crippen molar-refractivity contribution in [2.24, 2.45) is 11.8 Å². The number of carbonyl (C=O) groups excluding carboxylic acids is 1. The van der Waals surface area contributed by atoms with Gasteiger partial charge in [-0.25, -0.2) is 0 Å². The molecular weight excluding hydrogens is 434 g/mol. The smallest absolute Gasteiger partial charge is 0.173 e. The van der Waals surface area contributed by atoms with Crippen molar-refractivity contribution in [3.63, 3.8) is 0 Å². The summed E-state index contributed by atoms with van der Waals surface area (Å²) in [5.74, 6) is 2.07. The number of hydrogen-bond acceptors (Lipinski definition) is 7. The Hall–Kier alpha value is -3.19. The second-order valence-corrected chi connectivity index (χ2v) is 8.87. The van der Waals surface area contributed by atoms with Gasteiger partial charge in [0, 0.05) is 12.5 Å². The molecule has 2 fully saturated rings. The van der Waals surface area contributed by atoms with Crippen LogP contribution < -0.4 is 19.1 Å². The van der Waals surface area contributed by atoms with E-state index in [0.717, 1.165) is 36.4 Å². The van der Waals surface area contributed by atoms with Gasteiger partial charge in [-0.3, -0.25) is 4.79 Å². The molecule has 0 aromatic heterocycles. The fraction of sp³-hybridized carbons (Fsp3) is 0.444. The molecule has 2 aromatic carbocycles. The lowest BCUT2D eigenvalue weighted by molar-refractivity contribution is -0.140. The first kappa shape index (κ1) is 22.6. The normalized spacial score (nSPS) is 26.0. The Bertz CT molecular complexity index is 1080. The van der Waals surface area contributed by atoms with Gasteiger partial charge in [0.25, 0.3) is 0 Å². The SMILES string of the molecule is CCOc1ccccc1N1COC2CCC3C(=O)C(c4ccc(OC)c(OC)c4)=COC3C2C1. The van der Waals surface area contributed by atoms with Crippen molar-refractivity contribution >= 4 is 17.0 Å². The number of fused-ring (bicyclic) bond motifs is 3. The van der Waals surface area contributed by atoms with E-state index in [9.17, 15) is 4.79 Å². The number of Topliss-reactive ketones (excluding diaryl/α,β-unsaturated/α-hetero) is 1. The molecule has 0 N–H and O–H groups in total. The van der Waals surface area contributed by atoms with Gasteiger partial charge >= 0.3 is 0 Å². The van der Waals surface area contributed by atoms with E-state index < -0.39 is 0 Å². The minimum Gasteiger partial charge on any atom is -0.496 e. The van der Waals surface area contributed by atoms with Crippen LogP contribution in [0.5, 0.6) is 17.2 Å². The molecule has 7 heteroatoms. The lowest BCUT2D eigenvalue weighted by atomic mass is 9.71. The summed E-state index contributed by atoms with van der Waals surface area (Å²) in [5.41, 5.74) is 2.36. The van der Waals surface area contributed by atoms with Crippen molar-refractivity contribution < 1.29 is 28.5 Å². The Morgan fingerprint density at radius 2 is 1.85 bits per heavy atom. The van der Waals surface area contributed by atoms with Crippen LogP contribution in [0.4, 0.5) is 5.69 Å². The zero-order chi connectivity index (χ0) is 23.7. The van der Waals surface area contributed by atoms with Gasteiger partial charge < -0.3 is 28.6 Å². The minimum absolute atomic E-state index is 0.0839. The van der Waals surface area contributed by atoms with E-state index in [1.54, 1.807) is 20.5 Å². The first-order valence-corrected chi connectivity index (χ1v) is 11.8. The van der Waals surface area contributed by atoms with Gasteiger partial charge in [0.05, 0.1) is 50.4 Å². The Labute approximate surface area is 200 Å². The molecule has 3 aliphatic rings. The standard InChI is InChI=1S/C27H31NO6/c1-4-32-23-8-6-5-7-21(23)28-14-19-22(34-16-28)12-10-18-26(29)20(15-33-27(18)19)17-9-11-24(30-2)25(13-17)31-3/h5-9,11,13,15,18-19,22,27H,4,10,12,14,16H2,1-3H3. The van der Waals surface area contributed by atoms with Crippen molar-refractivity contribution in [3.05, 3.63) is 54.3 Å². The molecule has 4 atom stereocenters. The summed E-state index contributed by atoms with van der Waals surface area (Å²) in [6.45, 7) is 3.84. The van der Waals surface area contributed by atoms with Crippen LogP contribution in [0.3, 0.4) is 0 Å². The van der Waals surface area contributed by atoms with Crippen molar-refractivity contribution in [2.75, 3.05) is 39.0 Å². The number of ether oxygens (including phenoxy) is 5. The third kappa shape index (κ3) is 3.98. The highest BCUT2D eigenvalue weighted by atomic mass is 16.5. The molecule has 0 bridgehead atoms. The molecule has 0 spiro atoms. The third-order valence-corrected chi connectivity index (χ3v) is 7.08. The first-order valence-electron chi connectivity index (χ1n) is 11.8. The molecule has 1 aliphatic carbocycles. The molecule has 4 unspecified atom stereocenters. The van der Waals surface area contributed by atoms with Crippen LogP contribution in [0, 0.1) is 11.8 Å².